The van der Waals surface area contributed by atoms with Crippen LogP contribution in [0.3, 0.4) is 0 Å². The third-order valence-corrected chi connectivity index (χ3v) is 6.42. The molecule has 2 aliphatic rings. The molecule has 162 valence electrons. The first-order valence-electron chi connectivity index (χ1n) is 10.8. The summed E-state index contributed by atoms with van der Waals surface area (Å²) in [7, 11) is 1.78. The van der Waals surface area contributed by atoms with E-state index in [0.29, 0.717) is 22.4 Å². The van der Waals surface area contributed by atoms with Crippen molar-refractivity contribution in [3.63, 3.8) is 0 Å². The lowest BCUT2D eigenvalue weighted by atomic mass is 9.97. The number of rotatable bonds is 7. The van der Waals surface area contributed by atoms with E-state index in [2.05, 4.69) is 36.0 Å². The lowest BCUT2D eigenvalue weighted by molar-refractivity contribution is 0.0903. The van der Waals surface area contributed by atoms with Crippen LogP contribution in [0, 0.1) is 11.8 Å². The van der Waals surface area contributed by atoms with Crippen LogP contribution in [-0.2, 0) is 0 Å². The Morgan fingerprint density at radius 2 is 1.77 bits per heavy atom. The van der Waals surface area contributed by atoms with Crippen molar-refractivity contribution >= 4 is 35.7 Å². The fourth-order valence-electron chi connectivity index (χ4n) is 4.02. The molecule has 0 aromatic heterocycles. The number of hydrogen-bond donors (Lipinski definition) is 1. The molecule has 2 aromatic carbocycles. The number of aliphatic imine (C=N–C) groups is 1. The van der Waals surface area contributed by atoms with Crippen LogP contribution < -0.4 is 10.3 Å². The van der Waals surface area contributed by atoms with Gasteiger partial charge in [0.1, 0.15) is 5.84 Å². The Morgan fingerprint density at radius 3 is 2.32 bits per heavy atom. The van der Waals surface area contributed by atoms with Crippen molar-refractivity contribution in [2.24, 2.45) is 21.9 Å². The zero-order chi connectivity index (χ0) is 22.2. The number of carbonyl (C=O) groups excluding carboxylic acids is 1. The number of hydrazone groups is 1. The van der Waals surface area contributed by atoms with Gasteiger partial charge in [-0.3, -0.25) is 9.79 Å². The highest BCUT2D eigenvalue weighted by Crippen LogP contribution is 2.40. The second-order valence-corrected chi connectivity index (χ2v) is 9.47. The van der Waals surface area contributed by atoms with Crippen LogP contribution in [0.15, 0.2) is 52.6 Å². The third kappa shape index (κ3) is 4.82. The summed E-state index contributed by atoms with van der Waals surface area (Å²) in [6.07, 6.45) is 4.52. The van der Waals surface area contributed by atoms with E-state index >= 15 is 0 Å². The van der Waals surface area contributed by atoms with E-state index in [-0.39, 0.29) is 11.4 Å². The molecule has 0 unspecified atom stereocenters. The summed E-state index contributed by atoms with van der Waals surface area (Å²) in [6, 6.07) is 13.4. The van der Waals surface area contributed by atoms with Crippen LogP contribution >= 0.6 is 11.6 Å². The average Bonchev–Trinajstić information content (AvgIpc) is 3.64. The molecule has 0 spiro atoms. The Morgan fingerprint density at radius 1 is 1.10 bits per heavy atom. The molecule has 0 radical (unpaired) electrons. The van der Waals surface area contributed by atoms with Crippen LogP contribution in [0.4, 0.5) is 5.69 Å². The van der Waals surface area contributed by atoms with Crippen LogP contribution in [0.2, 0.25) is 5.02 Å². The van der Waals surface area contributed by atoms with Gasteiger partial charge in [-0.1, -0.05) is 23.7 Å². The van der Waals surface area contributed by atoms with Gasteiger partial charge in [0, 0.05) is 35.8 Å². The second kappa shape index (κ2) is 8.46. The number of nitrogens with one attached hydrogen (secondary N) is 1. The Kier molecular flexibility index (Phi) is 5.89. The molecule has 0 bridgehead atoms. The second-order valence-electron chi connectivity index (χ2n) is 9.03. The average molecular weight is 437 g/mol. The molecule has 4 rings (SSSR count). The third-order valence-electron chi connectivity index (χ3n) is 6.17. The first-order chi connectivity index (χ1) is 14.8. The predicted octanol–water partition coefficient (Wildman–Crippen LogP) is 5.79. The summed E-state index contributed by atoms with van der Waals surface area (Å²) >= 11 is 6.08. The molecule has 6 heteroatoms. The minimum absolute atomic E-state index is 0.0839. The van der Waals surface area contributed by atoms with Gasteiger partial charge in [0.15, 0.2) is 0 Å². The van der Waals surface area contributed by atoms with Gasteiger partial charge in [-0.05, 0) is 86.9 Å². The van der Waals surface area contributed by atoms with E-state index in [1.54, 1.807) is 12.1 Å². The minimum Gasteiger partial charge on any atom is -0.347 e. The van der Waals surface area contributed by atoms with Crippen LogP contribution in [-0.4, -0.2) is 31.0 Å². The normalized spacial score (nSPS) is 16.7. The van der Waals surface area contributed by atoms with E-state index in [9.17, 15) is 4.79 Å². The molecule has 0 aliphatic heterocycles. The Hall–Kier alpha value is -2.66. The van der Waals surface area contributed by atoms with E-state index in [0.717, 1.165) is 48.3 Å². The summed E-state index contributed by atoms with van der Waals surface area (Å²) in [6.45, 7) is 7.97. The summed E-state index contributed by atoms with van der Waals surface area (Å²) in [5.74, 6) is 1.73. The molecular formula is C25H29ClN4O. The number of anilines is 1. The zero-order valence-electron chi connectivity index (χ0n) is 18.4. The molecule has 2 aromatic rings. The van der Waals surface area contributed by atoms with Crippen molar-refractivity contribution in [2.45, 2.75) is 45.1 Å². The topological polar surface area (TPSA) is 57.1 Å². The predicted molar refractivity (Wildman–Crippen MR) is 129 cm³/mol. The summed E-state index contributed by atoms with van der Waals surface area (Å²) in [5.41, 5.74) is 3.05. The van der Waals surface area contributed by atoms with Gasteiger partial charge < -0.3 is 5.32 Å². The molecule has 0 atom stereocenters. The first-order valence-corrected chi connectivity index (χ1v) is 11.2. The molecule has 2 fully saturated rings. The standard InChI is InChI=1S/C25H29ClN4O/c1-25(2,20-9-10-20)29-24(31)19-13-18(16-7-11-21(26)12-8-16)14-22(15-19)30(28-4)23(27-3)17-5-6-17/h7-8,11-15,17,20H,4-6,9-10H2,1-3H3,(H,29,31). The number of carbonyl (C=O) groups is 1. The van der Waals surface area contributed by atoms with Crippen molar-refractivity contribution in [1.29, 1.82) is 0 Å². The molecule has 0 heterocycles. The van der Waals surface area contributed by atoms with Gasteiger partial charge in [0.25, 0.3) is 5.91 Å². The maximum Gasteiger partial charge on any atom is 0.251 e. The van der Waals surface area contributed by atoms with E-state index in [1.165, 1.54) is 0 Å². The van der Waals surface area contributed by atoms with Gasteiger partial charge in [0.05, 0.1) is 5.69 Å². The van der Waals surface area contributed by atoms with Crippen LogP contribution in [0.25, 0.3) is 11.1 Å². The Bertz CT molecular complexity index is 1020. The number of nitrogens with zero attached hydrogens (tertiary/aromatic N) is 3. The summed E-state index contributed by atoms with van der Waals surface area (Å²) in [5, 5.41) is 9.92. The molecule has 31 heavy (non-hydrogen) atoms. The van der Waals surface area contributed by atoms with Gasteiger partial charge in [0.2, 0.25) is 0 Å². The van der Waals surface area contributed by atoms with Crippen molar-refractivity contribution in [1.82, 2.24) is 5.32 Å². The molecule has 1 amide bonds. The Balaban J connectivity index is 1.75. The van der Waals surface area contributed by atoms with Crippen molar-refractivity contribution in [3.05, 3.63) is 53.1 Å². The lowest BCUT2D eigenvalue weighted by Gasteiger charge is -2.27. The maximum atomic E-state index is 13.3. The first kappa shape index (κ1) is 21.6. The van der Waals surface area contributed by atoms with Crippen molar-refractivity contribution in [2.75, 3.05) is 12.1 Å². The Labute approximate surface area is 189 Å². The summed E-state index contributed by atoms with van der Waals surface area (Å²) < 4.78 is 0. The smallest absolute Gasteiger partial charge is 0.251 e. The number of benzene rings is 2. The van der Waals surface area contributed by atoms with Crippen LogP contribution in [0.5, 0.6) is 0 Å². The molecule has 2 saturated carbocycles. The van der Waals surface area contributed by atoms with E-state index in [4.69, 9.17) is 11.6 Å². The molecular weight excluding hydrogens is 408 g/mol. The minimum atomic E-state index is -0.228. The highest BCUT2D eigenvalue weighted by atomic mass is 35.5. The molecule has 1 N–H and O–H groups in total. The van der Waals surface area contributed by atoms with Crippen molar-refractivity contribution < 1.29 is 4.79 Å². The van der Waals surface area contributed by atoms with Crippen molar-refractivity contribution in [3.8, 4) is 11.1 Å². The monoisotopic (exact) mass is 436 g/mol. The van der Waals surface area contributed by atoms with Gasteiger partial charge in [-0.25, -0.2) is 5.01 Å². The summed E-state index contributed by atoms with van der Waals surface area (Å²) in [4.78, 5) is 17.7. The zero-order valence-corrected chi connectivity index (χ0v) is 19.1. The SMILES string of the molecule is C=NN(C(=NC)C1CC1)c1cc(C(=O)NC(C)(C)C2CC2)cc(-c2ccc(Cl)cc2)c1. The van der Waals surface area contributed by atoms with Gasteiger partial charge in [-0.2, -0.15) is 5.10 Å². The largest absolute Gasteiger partial charge is 0.347 e. The maximum absolute atomic E-state index is 13.3. The highest BCUT2D eigenvalue weighted by Gasteiger charge is 2.39. The lowest BCUT2D eigenvalue weighted by Crippen LogP contribution is -2.45. The molecule has 2 aliphatic carbocycles. The number of amidine groups is 1. The number of halogens is 1. The van der Waals surface area contributed by atoms with Gasteiger partial charge in [-0.15, -0.1) is 0 Å². The quantitative estimate of drug-likeness (QED) is 0.339. The van der Waals surface area contributed by atoms with Gasteiger partial charge >= 0.3 is 0 Å². The number of hydrogen-bond acceptors (Lipinski definition) is 3. The fraction of sp³-hybridized carbons (Fsp3) is 0.400. The van der Waals surface area contributed by atoms with E-state index in [1.807, 2.05) is 42.5 Å². The molecule has 0 saturated heterocycles. The van der Waals surface area contributed by atoms with Crippen LogP contribution in [0.1, 0.15) is 49.9 Å². The number of amides is 1. The highest BCUT2D eigenvalue weighted by molar-refractivity contribution is 6.30. The van der Waals surface area contributed by atoms with E-state index < -0.39 is 0 Å². The molecule has 5 nitrogen and oxygen atoms in total. The fourth-order valence-corrected chi connectivity index (χ4v) is 4.15.